The fraction of sp³-hybridized carbons (Fsp3) is 0.520. The van der Waals surface area contributed by atoms with E-state index in [1.54, 1.807) is 14.2 Å². The number of benzene rings is 2. The number of nitrogens with one attached hydrogen (secondary N) is 1. The number of aliphatic hydroxyl groups is 1. The Morgan fingerprint density at radius 1 is 0.900 bits per heavy atom. The number of hydrogen-bond acceptors (Lipinski definition) is 5. The Balaban J connectivity index is 1.63. The second-order valence-corrected chi connectivity index (χ2v) is 8.19. The third-order valence-electron chi connectivity index (χ3n) is 6.02. The van der Waals surface area contributed by atoms with E-state index < -0.39 is 6.10 Å². The molecule has 5 heteroatoms. The topological polar surface area (TPSA) is 60.0 Å². The average molecular weight is 414 g/mol. The van der Waals surface area contributed by atoms with Gasteiger partial charge < -0.3 is 24.6 Å². The quantitative estimate of drug-likeness (QED) is 0.607. The second kappa shape index (κ2) is 11.3. The summed E-state index contributed by atoms with van der Waals surface area (Å²) in [6, 6.07) is 16.2. The molecule has 0 bridgehead atoms. The van der Waals surface area contributed by atoms with Crippen LogP contribution in [0.4, 0.5) is 0 Å². The first kappa shape index (κ1) is 22.6. The molecule has 2 aromatic rings. The number of hydrogen-bond donors (Lipinski definition) is 2. The Kier molecular flexibility index (Phi) is 8.55. The molecule has 3 atom stereocenters. The first-order chi connectivity index (χ1) is 14.6. The van der Waals surface area contributed by atoms with Gasteiger partial charge in [-0.1, -0.05) is 44.0 Å². The smallest absolute Gasteiger partial charge is 0.118 e. The highest BCUT2D eigenvalue weighted by atomic mass is 16.5. The minimum Gasteiger partial charge on any atom is -0.497 e. The van der Waals surface area contributed by atoms with Crippen molar-refractivity contribution in [1.29, 1.82) is 0 Å². The molecule has 0 saturated heterocycles. The Hall–Kier alpha value is -2.08. The molecule has 3 rings (SSSR count). The Morgan fingerprint density at radius 2 is 1.43 bits per heavy atom. The lowest BCUT2D eigenvalue weighted by Crippen LogP contribution is -2.42. The monoisotopic (exact) mass is 413 g/mol. The maximum absolute atomic E-state index is 10.5. The van der Waals surface area contributed by atoms with Crippen molar-refractivity contribution in [3.05, 3.63) is 59.7 Å². The molecule has 0 aromatic heterocycles. The van der Waals surface area contributed by atoms with E-state index in [2.05, 4.69) is 12.2 Å². The summed E-state index contributed by atoms with van der Waals surface area (Å²) in [4.78, 5) is 0. The fourth-order valence-corrected chi connectivity index (χ4v) is 4.12. The van der Waals surface area contributed by atoms with E-state index in [0.29, 0.717) is 18.5 Å². The van der Waals surface area contributed by atoms with Gasteiger partial charge in [0.2, 0.25) is 0 Å². The molecule has 5 nitrogen and oxygen atoms in total. The van der Waals surface area contributed by atoms with Gasteiger partial charge in [-0.25, -0.2) is 0 Å². The van der Waals surface area contributed by atoms with E-state index in [-0.39, 0.29) is 12.7 Å². The van der Waals surface area contributed by atoms with E-state index in [1.165, 1.54) is 25.7 Å². The van der Waals surface area contributed by atoms with Crippen LogP contribution in [-0.2, 0) is 4.74 Å². The number of rotatable bonds is 10. The van der Waals surface area contributed by atoms with E-state index >= 15 is 0 Å². The molecule has 0 spiro atoms. The Labute approximate surface area is 180 Å². The molecule has 0 heterocycles. The number of ether oxygens (including phenoxy) is 3. The fourth-order valence-electron chi connectivity index (χ4n) is 4.12. The van der Waals surface area contributed by atoms with Gasteiger partial charge in [-0.05, 0) is 54.2 Å². The SMILES string of the molecule is COc1ccc(C(OCC(O)CNC2CCCCC2C)c2ccc(OC)cc2)cc1. The van der Waals surface area contributed by atoms with E-state index in [1.807, 2.05) is 48.5 Å². The molecule has 3 unspecified atom stereocenters. The third-order valence-corrected chi connectivity index (χ3v) is 6.02. The van der Waals surface area contributed by atoms with Gasteiger partial charge in [0, 0.05) is 12.6 Å². The molecule has 2 N–H and O–H groups in total. The molecule has 0 aliphatic heterocycles. The Morgan fingerprint density at radius 3 is 1.93 bits per heavy atom. The van der Waals surface area contributed by atoms with Gasteiger partial charge in [-0.2, -0.15) is 0 Å². The predicted molar refractivity (Wildman–Crippen MR) is 119 cm³/mol. The van der Waals surface area contributed by atoms with Crippen LogP contribution in [0, 0.1) is 5.92 Å². The molecular formula is C25H35NO4. The zero-order valence-electron chi connectivity index (χ0n) is 18.3. The summed E-state index contributed by atoms with van der Waals surface area (Å²) >= 11 is 0. The predicted octanol–water partition coefficient (Wildman–Crippen LogP) is 4.34. The van der Waals surface area contributed by atoms with Gasteiger partial charge in [0.1, 0.15) is 17.6 Å². The van der Waals surface area contributed by atoms with Gasteiger partial charge in [0.15, 0.2) is 0 Å². The summed E-state index contributed by atoms with van der Waals surface area (Å²) in [5, 5.41) is 14.1. The molecule has 0 amide bonds. The van der Waals surface area contributed by atoms with E-state index in [0.717, 1.165) is 22.6 Å². The van der Waals surface area contributed by atoms with Crippen molar-refractivity contribution >= 4 is 0 Å². The molecular weight excluding hydrogens is 378 g/mol. The summed E-state index contributed by atoms with van der Waals surface area (Å²) < 4.78 is 16.8. The molecule has 1 aliphatic carbocycles. The van der Waals surface area contributed by atoms with Crippen molar-refractivity contribution in [3.8, 4) is 11.5 Å². The summed E-state index contributed by atoms with van der Waals surface area (Å²) in [5.74, 6) is 2.27. The zero-order valence-corrected chi connectivity index (χ0v) is 18.3. The first-order valence-electron chi connectivity index (χ1n) is 10.9. The van der Waals surface area contributed by atoms with Crippen molar-refractivity contribution < 1.29 is 19.3 Å². The minimum absolute atomic E-state index is 0.261. The maximum atomic E-state index is 10.5. The largest absolute Gasteiger partial charge is 0.497 e. The van der Waals surface area contributed by atoms with Crippen molar-refractivity contribution in [2.24, 2.45) is 5.92 Å². The molecule has 0 radical (unpaired) electrons. The Bertz CT molecular complexity index is 699. The average Bonchev–Trinajstić information content (AvgIpc) is 2.79. The lowest BCUT2D eigenvalue weighted by Gasteiger charge is -2.30. The highest BCUT2D eigenvalue weighted by molar-refractivity contribution is 5.36. The van der Waals surface area contributed by atoms with Crippen LogP contribution < -0.4 is 14.8 Å². The van der Waals surface area contributed by atoms with Gasteiger partial charge in [-0.3, -0.25) is 0 Å². The molecule has 1 saturated carbocycles. The molecule has 2 aromatic carbocycles. The van der Waals surface area contributed by atoms with Crippen molar-refractivity contribution in [3.63, 3.8) is 0 Å². The van der Waals surface area contributed by atoms with E-state index in [9.17, 15) is 5.11 Å². The van der Waals surface area contributed by atoms with Crippen LogP contribution >= 0.6 is 0 Å². The highest BCUT2D eigenvalue weighted by Gasteiger charge is 2.22. The second-order valence-electron chi connectivity index (χ2n) is 8.19. The normalized spacial score (nSPS) is 20.2. The van der Waals surface area contributed by atoms with Crippen LogP contribution in [-0.4, -0.2) is 44.6 Å². The highest BCUT2D eigenvalue weighted by Crippen LogP contribution is 2.29. The van der Waals surface area contributed by atoms with Crippen LogP contribution in [0.5, 0.6) is 11.5 Å². The summed E-state index contributed by atoms with van der Waals surface area (Å²) in [6.45, 7) is 3.10. The lowest BCUT2D eigenvalue weighted by atomic mass is 9.86. The van der Waals surface area contributed by atoms with Crippen molar-refractivity contribution in [2.75, 3.05) is 27.4 Å². The zero-order chi connectivity index (χ0) is 21.3. The number of methoxy groups -OCH3 is 2. The summed E-state index contributed by atoms with van der Waals surface area (Å²) in [7, 11) is 3.31. The maximum Gasteiger partial charge on any atom is 0.118 e. The lowest BCUT2D eigenvalue weighted by molar-refractivity contribution is 0.00444. The van der Waals surface area contributed by atoms with Crippen molar-refractivity contribution in [1.82, 2.24) is 5.32 Å². The molecule has 1 fully saturated rings. The third kappa shape index (κ3) is 6.21. The summed E-state index contributed by atoms with van der Waals surface area (Å²) in [6.07, 6.45) is 4.21. The van der Waals surface area contributed by atoms with Crippen LogP contribution in [0.3, 0.4) is 0 Å². The van der Waals surface area contributed by atoms with Crippen LogP contribution in [0.2, 0.25) is 0 Å². The molecule has 164 valence electrons. The van der Waals surface area contributed by atoms with Gasteiger partial charge in [-0.15, -0.1) is 0 Å². The molecule has 30 heavy (non-hydrogen) atoms. The van der Waals surface area contributed by atoms with Crippen LogP contribution in [0.1, 0.15) is 49.8 Å². The van der Waals surface area contributed by atoms with Gasteiger partial charge >= 0.3 is 0 Å². The van der Waals surface area contributed by atoms with Crippen LogP contribution in [0.15, 0.2) is 48.5 Å². The van der Waals surface area contributed by atoms with Gasteiger partial charge in [0.25, 0.3) is 0 Å². The number of aliphatic hydroxyl groups excluding tert-OH is 1. The van der Waals surface area contributed by atoms with Crippen molar-refractivity contribution in [2.45, 2.75) is 50.9 Å². The first-order valence-corrected chi connectivity index (χ1v) is 10.9. The van der Waals surface area contributed by atoms with Crippen LogP contribution in [0.25, 0.3) is 0 Å². The van der Waals surface area contributed by atoms with E-state index in [4.69, 9.17) is 14.2 Å². The minimum atomic E-state index is -0.557. The molecule has 1 aliphatic rings. The summed E-state index contributed by atoms with van der Waals surface area (Å²) in [5.41, 5.74) is 2.03. The standard InChI is InChI=1S/C25H35NO4/c1-18-6-4-5-7-24(18)26-16-21(27)17-30-25(19-8-12-22(28-2)13-9-19)20-10-14-23(29-3)15-11-20/h8-15,18,21,24-27H,4-7,16-17H2,1-3H3. The van der Waals surface area contributed by atoms with Gasteiger partial charge in [0.05, 0.1) is 26.9 Å².